The molecule has 0 aliphatic rings. The molecule has 0 fully saturated rings. The Labute approximate surface area is 94.7 Å². The van der Waals surface area contributed by atoms with E-state index in [0.29, 0.717) is 6.61 Å². The summed E-state index contributed by atoms with van der Waals surface area (Å²) in [6, 6.07) is 7.19. The van der Waals surface area contributed by atoms with Crippen molar-refractivity contribution >= 4 is 12.0 Å². The topological polar surface area (TPSA) is 46.5 Å². The normalized spacial score (nSPS) is 10.3. The van der Waals surface area contributed by atoms with Gasteiger partial charge in [-0.2, -0.15) is 0 Å². The first kappa shape index (κ1) is 12.0. The third-order valence-corrected chi connectivity index (χ3v) is 1.78. The van der Waals surface area contributed by atoms with E-state index in [1.807, 2.05) is 6.92 Å². The second-order valence-corrected chi connectivity index (χ2v) is 3.49. The summed E-state index contributed by atoms with van der Waals surface area (Å²) in [5.74, 6) is -0.210. The molecule has 3 nitrogen and oxygen atoms in total. The zero-order chi connectivity index (χ0) is 12.0. The molecule has 0 heterocycles. The molecule has 1 aromatic carbocycles. The third kappa shape index (κ3) is 4.46. The van der Waals surface area contributed by atoms with E-state index in [2.05, 4.69) is 6.58 Å². The van der Waals surface area contributed by atoms with Crippen molar-refractivity contribution in [2.75, 3.05) is 6.61 Å². The van der Waals surface area contributed by atoms with Crippen LogP contribution in [0.25, 0.3) is 6.08 Å². The maximum atomic E-state index is 10.3. The molecule has 0 aliphatic carbocycles. The maximum Gasteiger partial charge on any atom is 0.328 e. The second kappa shape index (κ2) is 5.75. The van der Waals surface area contributed by atoms with Crippen LogP contribution in [0, 0.1) is 0 Å². The van der Waals surface area contributed by atoms with E-state index in [4.69, 9.17) is 9.84 Å². The van der Waals surface area contributed by atoms with Crippen molar-refractivity contribution < 1.29 is 14.6 Å². The number of benzene rings is 1. The minimum Gasteiger partial charge on any atom is -0.489 e. The maximum absolute atomic E-state index is 10.3. The zero-order valence-electron chi connectivity index (χ0n) is 9.14. The Morgan fingerprint density at radius 1 is 1.44 bits per heavy atom. The van der Waals surface area contributed by atoms with Gasteiger partial charge in [0.15, 0.2) is 0 Å². The molecule has 1 N–H and O–H groups in total. The summed E-state index contributed by atoms with van der Waals surface area (Å²) in [5, 5.41) is 8.45. The van der Waals surface area contributed by atoms with Crippen LogP contribution < -0.4 is 4.74 Å². The number of carboxylic acids is 1. The van der Waals surface area contributed by atoms with Crippen LogP contribution in [-0.2, 0) is 4.79 Å². The largest absolute Gasteiger partial charge is 0.489 e. The first-order valence-corrected chi connectivity index (χ1v) is 4.86. The SMILES string of the molecule is C=C(C)COc1ccc(C=CC(=O)O)cc1. The van der Waals surface area contributed by atoms with Crippen LogP contribution in [0.3, 0.4) is 0 Å². The van der Waals surface area contributed by atoms with Gasteiger partial charge in [0.1, 0.15) is 12.4 Å². The number of carboxylic acid groups (broad SMARTS) is 1. The molecule has 16 heavy (non-hydrogen) atoms. The predicted octanol–water partition coefficient (Wildman–Crippen LogP) is 2.74. The van der Waals surface area contributed by atoms with E-state index in [0.717, 1.165) is 23.0 Å². The minimum absolute atomic E-state index is 0.490. The summed E-state index contributed by atoms with van der Waals surface area (Å²) in [7, 11) is 0. The quantitative estimate of drug-likeness (QED) is 0.610. The zero-order valence-corrected chi connectivity index (χ0v) is 9.14. The van der Waals surface area contributed by atoms with Gasteiger partial charge >= 0.3 is 5.97 Å². The van der Waals surface area contributed by atoms with Crippen molar-refractivity contribution in [3.8, 4) is 5.75 Å². The van der Waals surface area contributed by atoms with Crippen LogP contribution in [0.4, 0.5) is 0 Å². The van der Waals surface area contributed by atoms with Gasteiger partial charge in [-0.3, -0.25) is 0 Å². The average Bonchev–Trinajstić information content (AvgIpc) is 2.25. The van der Waals surface area contributed by atoms with E-state index in [1.165, 1.54) is 6.08 Å². The third-order valence-electron chi connectivity index (χ3n) is 1.78. The molecule has 0 unspecified atom stereocenters. The predicted molar refractivity (Wildman–Crippen MR) is 63.4 cm³/mol. The summed E-state index contributed by atoms with van der Waals surface area (Å²) in [6.45, 7) is 6.12. The second-order valence-electron chi connectivity index (χ2n) is 3.49. The molecule has 0 spiro atoms. The lowest BCUT2D eigenvalue weighted by Gasteiger charge is -2.05. The minimum atomic E-state index is -0.956. The van der Waals surface area contributed by atoms with Gasteiger partial charge in [0.2, 0.25) is 0 Å². The van der Waals surface area contributed by atoms with Crippen LogP contribution in [0.2, 0.25) is 0 Å². The van der Waals surface area contributed by atoms with E-state index < -0.39 is 5.97 Å². The van der Waals surface area contributed by atoms with Crippen LogP contribution in [0.5, 0.6) is 5.75 Å². The molecule has 0 saturated carbocycles. The Hall–Kier alpha value is -2.03. The number of ether oxygens (including phenoxy) is 1. The van der Waals surface area contributed by atoms with Crippen LogP contribution >= 0.6 is 0 Å². The lowest BCUT2D eigenvalue weighted by atomic mass is 10.2. The molecule has 1 rings (SSSR count). The van der Waals surface area contributed by atoms with Crippen LogP contribution in [-0.4, -0.2) is 17.7 Å². The van der Waals surface area contributed by atoms with Gasteiger partial charge in [0.05, 0.1) is 0 Å². The molecule has 3 heteroatoms. The highest BCUT2D eigenvalue weighted by Crippen LogP contribution is 2.13. The Morgan fingerprint density at radius 3 is 2.56 bits per heavy atom. The monoisotopic (exact) mass is 218 g/mol. The Bertz CT molecular complexity index is 402. The standard InChI is InChI=1S/C13H14O3/c1-10(2)9-16-12-6-3-11(4-7-12)5-8-13(14)15/h3-8H,1,9H2,2H3,(H,14,15). The number of hydrogen-bond acceptors (Lipinski definition) is 2. The first-order valence-electron chi connectivity index (χ1n) is 4.86. The van der Waals surface area contributed by atoms with Gasteiger partial charge in [-0.15, -0.1) is 0 Å². The van der Waals surface area contributed by atoms with Crippen molar-refractivity contribution in [2.24, 2.45) is 0 Å². The van der Waals surface area contributed by atoms with Crippen molar-refractivity contribution in [3.63, 3.8) is 0 Å². The van der Waals surface area contributed by atoms with E-state index in [9.17, 15) is 4.79 Å². The average molecular weight is 218 g/mol. The molecule has 1 aromatic rings. The lowest BCUT2D eigenvalue weighted by molar-refractivity contribution is -0.131. The molecule has 0 saturated heterocycles. The molecule has 0 radical (unpaired) electrons. The summed E-state index contributed by atoms with van der Waals surface area (Å²) in [6.07, 6.45) is 2.63. The number of hydrogen-bond donors (Lipinski definition) is 1. The fourth-order valence-corrected chi connectivity index (χ4v) is 1.05. The summed E-state index contributed by atoms with van der Waals surface area (Å²) in [5.41, 5.74) is 1.78. The molecule has 0 bridgehead atoms. The fraction of sp³-hybridized carbons (Fsp3) is 0.154. The van der Waals surface area contributed by atoms with Crippen LogP contribution in [0.15, 0.2) is 42.5 Å². The molecule has 0 aliphatic heterocycles. The van der Waals surface area contributed by atoms with E-state index in [-0.39, 0.29) is 0 Å². The Morgan fingerprint density at radius 2 is 2.06 bits per heavy atom. The molecule has 0 aromatic heterocycles. The van der Waals surface area contributed by atoms with Crippen molar-refractivity contribution in [1.82, 2.24) is 0 Å². The fourth-order valence-electron chi connectivity index (χ4n) is 1.05. The molecular formula is C13H14O3. The highest BCUT2D eigenvalue weighted by Gasteiger charge is 1.94. The summed E-state index contributed by atoms with van der Waals surface area (Å²) < 4.78 is 5.41. The highest BCUT2D eigenvalue weighted by molar-refractivity contribution is 5.85. The first-order chi connectivity index (χ1) is 7.58. The lowest BCUT2D eigenvalue weighted by Crippen LogP contribution is -1.97. The number of carbonyl (C=O) groups is 1. The number of aliphatic carboxylic acids is 1. The van der Waals surface area contributed by atoms with Crippen molar-refractivity contribution in [2.45, 2.75) is 6.92 Å². The smallest absolute Gasteiger partial charge is 0.328 e. The molecule has 0 atom stereocenters. The Kier molecular flexibility index (Phi) is 4.33. The highest BCUT2D eigenvalue weighted by atomic mass is 16.5. The number of rotatable bonds is 5. The van der Waals surface area contributed by atoms with Gasteiger partial charge in [-0.1, -0.05) is 18.7 Å². The summed E-state index contributed by atoms with van der Waals surface area (Å²) >= 11 is 0. The van der Waals surface area contributed by atoms with Crippen molar-refractivity contribution in [1.29, 1.82) is 0 Å². The van der Waals surface area contributed by atoms with Crippen molar-refractivity contribution in [3.05, 3.63) is 48.1 Å². The van der Waals surface area contributed by atoms with Gasteiger partial charge in [0, 0.05) is 6.08 Å². The Balaban J connectivity index is 2.60. The van der Waals surface area contributed by atoms with Gasteiger partial charge in [0.25, 0.3) is 0 Å². The molecule has 84 valence electrons. The van der Waals surface area contributed by atoms with Crippen LogP contribution in [0.1, 0.15) is 12.5 Å². The summed E-state index contributed by atoms with van der Waals surface area (Å²) in [4.78, 5) is 10.3. The molecule has 0 amide bonds. The van der Waals surface area contributed by atoms with Gasteiger partial charge < -0.3 is 9.84 Å². The van der Waals surface area contributed by atoms with Gasteiger partial charge in [-0.25, -0.2) is 4.79 Å². The van der Waals surface area contributed by atoms with E-state index in [1.54, 1.807) is 24.3 Å². The van der Waals surface area contributed by atoms with Gasteiger partial charge in [-0.05, 0) is 36.3 Å². The molecular weight excluding hydrogens is 204 g/mol. The van der Waals surface area contributed by atoms with E-state index >= 15 is 0 Å².